The highest BCUT2D eigenvalue weighted by atomic mass is 19.1. The number of carboxylic acid groups (broad SMARTS) is 1. The molecule has 0 amide bonds. The molecule has 11 heteroatoms. The number of nitrogens with zero attached hydrogens (tertiary/aromatic N) is 3. The highest BCUT2D eigenvalue weighted by molar-refractivity contribution is 5.96. The van der Waals surface area contributed by atoms with E-state index in [0.29, 0.717) is 50.5 Å². The molecule has 5 rings (SSSR count). The third-order valence-electron chi connectivity index (χ3n) is 6.31. The molecule has 0 saturated carbocycles. The minimum absolute atomic E-state index is 0.115. The van der Waals surface area contributed by atoms with E-state index in [-0.39, 0.29) is 16.6 Å². The third kappa shape index (κ3) is 3.68. The average Bonchev–Trinajstić information content (AvgIpc) is 3.27. The number of nitro groups is 1. The summed E-state index contributed by atoms with van der Waals surface area (Å²) in [5.41, 5.74) is -0.712. The average molecular weight is 469 g/mol. The second-order valence-electron chi connectivity index (χ2n) is 8.23. The van der Waals surface area contributed by atoms with Crippen LogP contribution in [0.1, 0.15) is 23.2 Å². The number of carboxylic acids is 1. The van der Waals surface area contributed by atoms with Crippen molar-refractivity contribution in [3.05, 3.63) is 74.3 Å². The first kappa shape index (κ1) is 22.0. The summed E-state index contributed by atoms with van der Waals surface area (Å²) >= 11 is 0. The molecule has 34 heavy (non-hydrogen) atoms. The zero-order valence-electron chi connectivity index (χ0n) is 17.9. The first-order valence-electron chi connectivity index (χ1n) is 10.7. The van der Waals surface area contributed by atoms with Crippen LogP contribution in [0.5, 0.6) is 0 Å². The number of fused-ring (bicyclic) bond motifs is 1. The number of anilines is 1. The summed E-state index contributed by atoms with van der Waals surface area (Å²) < 4.78 is 26.4. The van der Waals surface area contributed by atoms with E-state index in [1.54, 1.807) is 0 Å². The van der Waals surface area contributed by atoms with Gasteiger partial charge in [-0.25, -0.2) is 9.18 Å². The monoisotopic (exact) mass is 469 g/mol. The Kier molecular flexibility index (Phi) is 5.29. The molecule has 2 aliphatic heterocycles. The first-order chi connectivity index (χ1) is 16.3. The van der Waals surface area contributed by atoms with Crippen LogP contribution in [-0.2, 0) is 9.47 Å². The molecule has 0 bridgehead atoms. The van der Waals surface area contributed by atoms with Crippen molar-refractivity contribution in [2.45, 2.75) is 18.6 Å². The molecular formula is C23H20FN3O7. The third-order valence-corrected chi connectivity index (χ3v) is 6.31. The molecular weight excluding hydrogens is 449 g/mol. The number of rotatable bonds is 4. The van der Waals surface area contributed by atoms with Gasteiger partial charge in [0.2, 0.25) is 5.43 Å². The van der Waals surface area contributed by atoms with Crippen molar-refractivity contribution in [3.63, 3.8) is 0 Å². The van der Waals surface area contributed by atoms with Gasteiger partial charge in [0.05, 0.1) is 29.0 Å². The summed E-state index contributed by atoms with van der Waals surface area (Å²) in [6, 6.07) is 7.91. The van der Waals surface area contributed by atoms with Gasteiger partial charge in [0, 0.05) is 43.9 Å². The summed E-state index contributed by atoms with van der Waals surface area (Å²) in [5.74, 6) is -2.62. The molecule has 2 fully saturated rings. The highest BCUT2D eigenvalue weighted by Gasteiger charge is 2.41. The van der Waals surface area contributed by atoms with Crippen molar-refractivity contribution in [2.75, 3.05) is 31.2 Å². The van der Waals surface area contributed by atoms with Crippen LogP contribution in [-0.4, -0.2) is 52.7 Å². The molecule has 0 aliphatic carbocycles. The van der Waals surface area contributed by atoms with Gasteiger partial charge in [-0.05, 0) is 30.3 Å². The second-order valence-corrected chi connectivity index (χ2v) is 8.23. The van der Waals surface area contributed by atoms with E-state index in [9.17, 15) is 29.2 Å². The van der Waals surface area contributed by atoms with Crippen molar-refractivity contribution in [3.8, 4) is 5.69 Å². The fourth-order valence-corrected chi connectivity index (χ4v) is 4.59. The summed E-state index contributed by atoms with van der Waals surface area (Å²) in [6.07, 6.45) is 2.19. The molecule has 2 aromatic carbocycles. The van der Waals surface area contributed by atoms with Crippen molar-refractivity contribution in [2.24, 2.45) is 0 Å². The Bertz CT molecular complexity index is 1350. The summed E-state index contributed by atoms with van der Waals surface area (Å²) in [5, 5.41) is 21.4. The van der Waals surface area contributed by atoms with E-state index in [1.165, 1.54) is 34.9 Å². The van der Waals surface area contributed by atoms with Crippen LogP contribution in [0.25, 0.3) is 16.6 Å². The lowest BCUT2D eigenvalue weighted by Gasteiger charge is -2.38. The number of piperidine rings is 1. The summed E-state index contributed by atoms with van der Waals surface area (Å²) in [7, 11) is 0. The van der Waals surface area contributed by atoms with Crippen molar-refractivity contribution in [1.29, 1.82) is 0 Å². The summed E-state index contributed by atoms with van der Waals surface area (Å²) in [6.45, 7) is 1.87. The Hall–Kier alpha value is -3.83. The highest BCUT2D eigenvalue weighted by Crippen LogP contribution is 2.38. The van der Waals surface area contributed by atoms with Gasteiger partial charge in [-0.3, -0.25) is 14.9 Å². The maximum absolute atomic E-state index is 13.5. The fraction of sp³-hybridized carbons (Fsp3) is 0.304. The Balaban J connectivity index is 1.70. The number of hydrogen-bond donors (Lipinski definition) is 1. The number of aromatic nitrogens is 1. The number of pyridine rings is 1. The maximum Gasteiger partial charge on any atom is 0.341 e. The van der Waals surface area contributed by atoms with Gasteiger partial charge in [-0.1, -0.05) is 0 Å². The quantitative estimate of drug-likeness (QED) is 0.457. The molecule has 1 spiro atoms. The number of aromatic carboxylic acids is 1. The predicted octanol–water partition coefficient (Wildman–Crippen LogP) is 3.08. The Labute approximate surface area is 191 Å². The predicted molar refractivity (Wildman–Crippen MR) is 119 cm³/mol. The molecule has 2 aliphatic rings. The zero-order chi connectivity index (χ0) is 24.0. The number of ether oxygens (including phenoxy) is 2. The SMILES string of the molecule is O=C(O)c1cn(-c2ccc(F)cc2)c2cc(N3CCC4(CC3)OCCO4)c([N+](=O)[O-])cc2c1=O. The molecule has 3 aromatic rings. The van der Waals surface area contributed by atoms with Crippen molar-refractivity contribution >= 4 is 28.2 Å². The minimum Gasteiger partial charge on any atom is -0.477 e. The summed E-state index contributed by atoms with van der Waals surface area (Å²) in [4.78, 5) is 37.8. The van der Waals surface area contributed by atoms with E-state index in [1.807, 2.05) is 4.90 Å². The second kappa shape index (κ2) is 8.19. The lowest BCUT2D eigenvalue weighted by atomic mass is 10.0. The molecule has 1 N–H and O–H groups in total. The van der Waals surface area contributed by atoms with Crippen LogP contribution in [0.15, 0.2) is 47.4 Å². The van der Waals surface area contributed by atoms with Gasteiger partial charge in [0.25, 0.3) is 5.69 Å². The molecule has 0 radical (unpaired) electrons. The number of nitro benzene ring substituents is 1. The largest absolute Gasteiger partial charge is 0.477 e. The molecule has 10 nitrogen and oxygen atoms in total. The lowest BCUT2D eigenvalue weighted by molar-refractivity contribution is -0.384. The minimum atomic E-state index is -1.47. The number of halogens is 1. The first-order valence-corrected chi connectivity index (χ1v) is 10.7. The van der Waals surface area contributed by atoms with Gasteiger partial charge < -0.3 is 24.0 Å². The molecule has 1 aromatic heterocycles. The zero-order valence-corrected chi connectivity index (χ0v) is 17.9. The molecule has 3 heterocycles. The fourth-order valence-electron chi connectivity index (χ4n) is 4.59. The molecule has 0 atom stereocenters. The molecule has 176 valence electrons. The van der Waals surface area contributed by atoms with E-state index in [2.05, 4.69) is 0 Å². The van der Waals surface area contributed by atoms with Crippen LogP contribution in [0, 0.1) is 15.9 Å². The number of hydrogen-bond acceptors (Lipinski definition) is 7. The Morgan fingerprint density at radius 3 is 2.35 bits per heavy atom. The Morgan fingerprint density at radius 1 is 1.12 bits per heavy atom. The van der Waals surface area contributed by atoms with Crippen LogP contribution in [0.4, 0.5) is 15.8 Å². The van der Waals surface area contributed by atoms with Crippen molar-refractivity contribution < 1.29 is 28.7 Å². The van der Waals surface area contributed by atoms with Crippen LogP contribution >= 0.6 is 0 Å². The standard InChI is InChI=1S/C23H20FN3O7/c24-14-1-3-15(4-2-14)26-13-17(22(29)30)21(28)16-11-20(27(31)32)19(12-18(16)26)25-7-5-23(6-8-25)33-9-10-34-23/h1-4,11-13H,5-10H2,(H,29,30). The van der Waals surface area contributed by atoms with E-state index in [0.717, 1.165) is 12.3 Å². The van der Waals surface area contributed by atoms with Gasteiger partial charge in [0.15, 0.2) is 5.79 Å². The van der Waals surface area contributed by atoms with Gasteiger partial charge in [-0.15, -0.1) is 0 Å². The van der Waals surface area contributed by atoms with E-state index in [4.69, 9.17) is 9.47 Å². The smallest absolute Gasteiger partial charge is 0.341 e. The van der Waals surface area contributed by atoms with Gasteiger partial charge >= 0.3 is 5.97 Å². The topological polar surface area (TPSA) is 124 Å². The number of benzene rings is 2. The van der Waals surface area contributed by atoms with Gasteiger partial charge in [0.1, 0.15) is 17.1 Å². The van der Waals surface area contributed by atoms with Crippen LogP contribution < -0.4 is 10.3 Å². The maximum atomic E-state index is 13.5. The molecule has 2 saturated heterocycles. The Morgan fingerprint density at radius 2 is 1.76 bits per heavy atom. The van der Waals surface area contributed by atoms with E-state index >= 15 is 0 Å². The van der Waals surface area contributed by atoms with E-state index < -0.39 is 33.5 Å². The molecule has 0 unspecified atom stereocenters. The van der Waals surface area contributed by atoms with Crippen molar-refractivity contribution in [1.82, 2.24) is 4.57 Å². The normalized spacial score (nSPS) is 17.4. The van der Waals surface area contributed by atoms with Gasteiger partial charge in [-0.2, -0.15) is 0 Å². The van der Waals surface area contributed by atoms with Crippen LogP contribution in [0.3, 0.4) is 0 Å². The number of carbonyl (C=O) groups is 1. The van der Waals surface area contributed by atoms with Crippen LogP contribution in [0.2, 0.25) is 0 Å². The lowest BCUT2D eigenvalue weighted by Crippen LogP contribution is -2.45.